The number of aryl methyl sites for hydroxylation is 1. The SMILES string of the molecule is O=C(O)[C@@H]1[C@H](C(=O)Nc2ccc(S(=O)(=O)N3CCCc4ccccc43)cc2)[C@H]2C=C[C@H]1O2. The van der Waals surface area contributed by atoms with Crippen LogP contribution in [-0.2, 0) is 30.8 Å². The summed E-state index contributed by atoms with van der Waals surface area (Å²) in [5.74, 6) is -3.32. The van der Waals surface area contributed by atoms with Gasteiger partial charge >= 0.3 is 5.97 Å². The Balaban J connectivity index is 1.34. The summed E-state index contributed by atoms with van der Waals surface area (Å²) < 4.78 is 33.5. The molecule has 0 unspecified atom stereocenters. The van der Waals surface area contributed by atoms with Crippen LogP contribution < -0.4 is 9.62 Å². The molecule has 0 saturated carbocycles. The molecule has 1 amide bonds. The molecular weight excluding hydrogens is 432 g/mol. The molecule has 166 valence electrons. The van der Waals surface area contributed by atoms with Gasteiger partial charge in [0, 0.05) is 12.2 Å². The summed E-state index contributed by atoms with van der Waals surface area (Å²) in [6.07, 6.45) is 3.79. The normalized spacial score (nSPS) is 26.1. The number of amides is 1. The molecule has 3 aliphatic heterocycles. The van der Waals surface area contributed by atoms with Gasteiger partial charge in [-0.3, -0.25) is 13.9 Å². The Bertz CT molecular complexity index is 1210. The highest BCUT2D eigenvalue weighted by atomic mass is 32.2. The molecule has 1 saturated heterocycles. The number of carboxylic acid groups (broad SMARTS) is 1. The first kappa shape index (κ1) is 20.7. The number of anilines is 2. The minimum atomic E-state index is -3.75. The van der Waals surface area contributed by atoms with Crippen molar-refractivity contribution >= 4 is 33.3 Å². The number of carbonyl (C=O) groups excluding carboxylic acids is 1. The summed E-state index contributed by atoms with van der Waals surface area (Å²) in [5.41, 5.74) is 2.09. The van der Waals surface area contributed by atoms with Crippen molar-refractivity contribution in [1.82, 2.24) is 0 Å². The van der Waals surface area contributed by atoms with Crippen LogP contribution in [0.4, 0.5) is 11.4 Å². The average Bonchev–Trinajstić information content (AvgIpc) is 3.41. The summed E-state index contributed by atoms with van der Waals surface area (Å²) in [7, 11) is -3.75. The molecule has 8 nitrogen and oxygen atoms in total. The smallest absolute Gasteiger partial charge is 0.310 e. The largest absolute Gasteiger partial charge is 0.481 e. The van der Waals surface area contributed by atoms with Crippen LogP contribution in [-0.4, -0.2) is 44.2 Å². The molecule has 2 aromatic carbocycles. The van der Waals surface area contributed by atoms with E-state index in [9.17, 15) is 23.1 Å². The van der Waals surface area contributed by atoms with Crippen molar-refractivity contribution in [2.75, 3.05) is 16.2 Å². The number of para-hydroxylation sites is 1. The van der Waals surface area contributed by atoms with Gasteiger partial charge in [-0.1, -0.05) is 30.4 Å². The van der Waals surface area contributed by atoms with E-state index in [1.165, 1.54) is 28.6 Å². The first-order chi connectivity index (χ1) is 15.4. The third kappa shape index (κ3) is 3.37. The van der Waals surface area contributed by atoms with E-state index in [4.69, 9.17) is 4.74 Å². The second-order valence-corrected chi connectivity index (χ2v) is 10.0. The summed E-state index contributed by atoms with van der Waals surface area (Å²) >= 11 is 0. The number of sulfonamides is 1. The number of rotatable bonds is 5. The lowest BCUT2D eigenvalue weighted by Crippen LogP contribution is -2.39. The fourth-order valence-corrected chi connectivity index (χ4v) is 6.27. The van der Waals surface area contributed by atoms with Gasteiger partial charge in [-0.25, -0.2) is 8.42 Å². The molecule has 0 aliphatic carbocycles. The van der Waals surface area contributed by atoms with Crippen LogP contribution in [0.3, 0.4) is 0 Å². The topological polar surface area (TPSA) is 113 Å². The fraction of sp³-hybridized carbons (Fsp3) is 0.304. The van der Waals surface area contributed by atoms with Gasteiger partial charge in [0.2, 0.25) is 5.91 Å². The molecule has 2 N–H and O–H groups in total. The van der Waals surface area contributed by atoms with Crippen molar-refractivity contribution in [3.05, 3.63) is 66.2 Å². The number of hydrogen-bond donors (Lipinski definition) is 2. The molecule has 5 rings (SSSR count). The second-order valence-electron chi connectivity index (χ2n) is 8.16. The fourth-order valence-electron chi connectivity index (χ4n) is 4.73. The molecule has 0 aromatic heterocycles. The molecule has 4 atom stereocenters. The van der Waals surface area contributed by atoms with Gasteiger partial charge in [0.15, 0.2) is 0 Å². The predicted octanol–water partition coefficient (Wildman–Crippen LogP) is 2.42. The lowest BCUT2D eigenvalue weighted by molar-refractivity contribution is -0.145. The van der Waals surface area contributed by atoms with Crippen LogP contribution >= 0.6 is 0 Å². The van der Waals surface area contributed by atoms with Crippen LogP contribution in [0.2, 0.25) is 0 Å². The van der Waals surface area contributed by atoms with Crippen LogP contribution in [0.15, 0.2) is 65.6 Å². The summed E-state index contributed by atoms with van der Waals surface area (Å²) in [4.78, 5) is 24.5. The number of carbonyl (C=O) groups is 2. The summed E-state index contributed by atoms with van der Waals surface area (Å²) in [6, 6.07) is 13.4. The van der Waals surface area contributed by atoms with Crippen molar-refractivity contribution in [1.29, 1.82) is 0 Å². The standard InChI is InChI=1S/C23H22N2O6S/c26-22(20-18-11-12-19(31-18)21(20)23(27)28)24-15-7-9-16(10-8-15)32(29,30)25-13-3-5-14-4-1-2-6-17(14)25/h1-2,4,6-12,18-21H,3,5,13H2,(H,24,26)(H,27,28)/t18-,19-,20-,21+/m1/s1. The first-order valence-corrected chi connectivity index (χ1v) is 11.9. The zero-order valence-electron chi connectivity index (χ0n) is 17.0. The maximum atomic E-state index is 13.2. The second kappa shape index (κ2) is 7.75. The molecule has 3 heterocycles. The van der Waals surface area contributed by atoms with E-state index in [-0.39, 0.29) is 4.90 Å². The third-order valence-electron chi connectivity index (χ3n) is 6.26. The van der Waals surface area contributed by atoms with Gasteiger partial charge in [-0.2, -0.15) is 0 Å². The van der Waals surface area contributed by atoms with E-state index < -0.39 is 45.9 Å². The molecule has 0 radical (unpaired) electrons. The van der Waals surface area contributed by atoms with E-state index in [1.54, 1.807) is 12.2 Å². The number of carboxylic acids is 1. The lowest BCUT2D eigenvalue weighted by Gasteiger charge is -2.30. The molecular formula is C23H22N2O6S. The predicted molar refractivity (Wildman–Crippen MR) is 117 cm³/mol. The zero-order chi connectivity index (χ0) is 22.5. The molecule has 2 bridgehead atoms. The number of nitrogens with zero attached hydrogens (tertiary/aromatic N) is 1. The van der Waals surface area contributed by atoms with Crippen molar-refractivity contribution in [3.8, 4) is 0 Å². The first-order valence-electron chi connectivity index (χ1n) is 10.4. The highest BCUT2D eigenvalue weighted by molar-refractivity contribution is 7.92. The van der Waals surface area contributed by atoms with Crippen molar-refractivity contribution < 1.29 is 27.9 Å². The molecule has 3 aliphatic rings. The highest BCUT2D eigenvalue weighted by Crippen LogP contribution is 2.40. The molecule has 9 heteroatoms. The van der Waals surface area contributed by atoms with Gasteiger partial charge in [-0.05, 0) is 48.7 Å². The van der Waals surface area contributed by atoms with E-state index in [1.807, 2.05) is 24.3 Å². The monoisotopic (exact) mass is 454 g/mol. The Labute approximate surface area is 185 Å². The van der Waals surface area contributed by atoms with Gasteiger partial charge in [-0.15, -0.1) is 0 Å². The number of aliphatic carboxylic acids is 1. The average molecular weight is 455 g/mol. The quantitative estimate of drug-likeness (QED) is 0.671. The van der Waals surface area contributed by atoms with Crippen LogP contribution in [0.5, 0.6) is 0 Å². The Morgan fingerprint density at radius 2 is 1.69 bits per heavy atom. The Morgan fingerprint density at radius 1 is 1.00 bits per heavy atom. The van der Waals surface area contributed by atoms with Crippen LogP contribution in [0, 0.1) is 11.8 Å². The number of fused-ring (bicyclic) bond motifs is 3. The Hall–Kier alpha value is -3.17. The molecule has 2 aromatic rings. The Morgan fingerprint density at radius 3 is 2.41 bits per heavy atom. The van der Waals surface area contributed by atoms with E-state index in [0.717, 1.165) is 18.4 Å². The van der Waals surface area contributed by atoms with Crippen molar-refractivity contribution in [2.24, 2.45) is 11.8 Å². The summed E-state index contributed by atoms with van der Waals surface area (Å²) in [5, 5.41) is 12.2. The summed E-state index contributed by atoms with van der Waals surface area (Å²) in [6.45, 7) is 0.409. The van der Waals surface area contributed by atoms with Gasteiger partial charge in [0.05, 0.1) is 28.7 Å². The van der Waals surface area contributed by atoms with Gasteiger partial charge in [0.1, 0.15) is 5.92 Å². The molecule has 32 heavy (non-hydrogen) atoms. The van der Waals surface area contributed by atoms with E-state index >= 15 is 0 Å². The molecule has 1 fully saturated rings. The maximum Gasteiger partial charge on any atom is 0.310 e. The maximum absolute atomic E-state index is 13.2. The minimum absolute atomic E-state index is 0.127. The third-order valence-corrected chi connectivity index (χ3v) is 8.09. The van der Waals surface area contributed by atoms with Crippen LogP contribution in [0.1, 0.15) is 12.0 Å². The minimum Gasteiger partial charge on any atom is -0.481 e. The van der Waals surface area contributed by atoms with Gasteiger partial charge in [0.25, 0.3) is 10.0 Å². The zero-order valence-corrected chi connectivity index (χ0v) is 17.9. The Kier molecular flexibility index (Phi) is 5.02. The number of nitrogens with one attached hydrogen (secondary N) is 1. The van der Waals surface area contributed by atoms with Crippen molar-refractivity contribution in [2.45, 2.75) is 29.9 Å². The number of ether oxygens (including phenoxy) is 1. The lowest BCUT2D eigenvalue weighted by atomic mass is 9.82. The number of hydrogen-bond acceptors (Lipinski definition) is 5. The van der Waals surface area contributed by atoms with Gasteiger partial charge < -0.3 is 15.2 Å². The molecule has 0 spiro atoms. The van der Waals surface area contributed by atoms with E-state index in [2.05, 4.69) is 5.32 Å². The number of benzene rings is 2. The highest BCUT2D eigenvalue weighted by Gasteiger charge is 2.53. The van der Waals surface area contributed by atoms with Crippen LogP contribution in [0.25, 0.3) is 0 Å². The van der Waals surface area contributed by atoms with E-state index in [0.29, 0.717) is 17.9 Å². The van der Waals surface area contributed by atoms with Crippen molar-refractivity contribution in [3.63, 3.8) is 0 Å².